The number of esters is 1. The van der Waals surface area contributed by atoms with E-state index in [4.69, 9.17) is 25.8 Å². The lowest BCUT2D eigenvalue weighted by Gasteiger charge is -2.26. The Hall–Kier alpha value is -3.57. The summed E-state index contributed by atoms with van der Waals surface area (Å²) in [5.74, 6) is -0.208. The number of benzene rings is 2. The molecule has 0 fully saturated rings. The lowest BCUT2D eigenvalue weighted by Crippen LogP contribution is -2.30. The Labute approximate surface area is 251 Å². The number of methoxy groups -OCH3 is 1. The zero-order valence-electron chi connectivity index (χ0n) is 23.4. The van der Waals surface area contributed by atoms with Gasteiger partial charge in [-0.25, -0.2) is 9.59 Å². The number of ether oxygens (including phenoxy) is 4. The minimum Gasteiger partial charge on any atom is -0.491 e. The highest BCUT2D eigenvalue weighted by atomic mass is 79.9. The number of halogens is 2. The molecule has 12 heteroatoms. The Bertz CT molecular complexity index is 1550. The van der Waals surface area contributed by atoms with E-state index in [1.165, 1.54) is 7.11 Å². The number of aromatic nitrogens is 2. The van der Waals surface area contributed by atoms with E-state index in [-0.39, 0.29) is 19.0 Å². The number of hydrogen-bond acceptors (Lipinski definition) is 7. The summed E-state index contributed by atoms with van der Waals surface area (Å²) in [5, 5.41) is 0.346. The summed E-state index contributed by atoms with van der Waals surface area (Å²) >= 11 is 9.77. The molecule has 2 heterocycles. The predicted octanol–water partition coefficient (Wildman–Crippen LogP) is 5.11. The van der Waals surface area contributed by atoms with Gasteiger partial charge in [0.15, 0.2) is 12.4 Å². The Morgan fingerprint density at radius 2 is 1.93 bits per heavy atom. The summed E-state index contributed by atoms with van der Waals surface area (Å²) < 4.78 is 25.6. The van der Waals surface area contributed by atoms with Crippen molar-refractivity contribution >= 4 is 45.4 Å². The monoisotopic (exact) mass is 647 g/mol. The third-order valence-corrected chi connectivity index (χ3v) is 7.10. The van der Waals surface area contributed by atoms with Crippen molar-refractivity contribution in [1.82, 2.24) is 9.13 Å². The molecule has 0 aliphatic carbocycles. The van der Waals surface area contributed by atoms with Crippen LogP contribution in [0.1, 0.15) is 42.3 Å². The molecular weight excluding hydrogens is 618 g/mol. The van der Waals surface area contributed by atoms with Crippen molar-refractivity contribution in [3.05, 3.63) is 74.5 Å². The second kappa shape index (κ2) is 12.5. The number of carbonyl (C=O) groups is 3. The first-order valence-electron chi connectivity index (χ1n) is 12.8. The number of aryl methyl sites for hydroxylation is 1. The van der Waals surface area contributed by atoms with Crippen LogP contribution < -0.4 is 15.1 Å². The number of Topliss-reactive ketones (excluding diaryl/α,β-unsaturated/α-hetero) is 1. The van der Waals surface area contributed by atoms with Crippen molar-refractivity contribution in [3.63, 3.8) is 0 Å². The number of ketones is 1. The average Bonchev–Trinajstić information content (AvgIpc) is 3.23. The smallest absolute Gasteiger partial charge is 0.437 e. The minimum absolute atomic E-state index is 0.0579. The lowest BCUT2D eigenvalue weighted by molar-refractivity contribution is -0.142. The van der Waals surface area contributed by atoms with Crippen LogP contribution in [0.15, 0.2) is 52.2 Å². The Morgan fingerprint density at radius 3 is 2.63 bits per heavy atom. The molecule has 0 saturated heterocycles. The van der Waals surface area contributed by atoms with Gasteiger partial charge in [-0.2, -0.15) is 0 Å². The molecule has 0 N–H and O–H groups in total. The van der Waals surface area contributed by atoms with Crippen molar-refractivity contribution < 1.29 is 33.3 Å². The molecule has 4 rings (SSSR count). The molecule has 41 heavy (non-hydrogen) atoms. The molecule has 3 aromatic rings. The second-order valence-corrected chi connectivity index (χ2v) is 11.9. The van der Waals surface area contributed by atoms with Crippen molar-refractivity contribution in [2.75, 3.05) is 20.3 Å². The van der Waals surface area contributed by atoms with Crippen LogP contribution in [0.25, 0.3) is 0 Å². The van der Waals surface area contributed by atoms with Crippen molar-refractivity contribution in [3.8, 4) is 11.5 Å². The summed E-state index contributed by atoms with van der Waals surface area (Å²) in [6.45, 7) is 5.62. The van der Waals surface area contributed by atoms with Gasteiger partial charge in [0, 0.05) is 19.4 Å². The maximum atomic E-state index is 13.6. The van der Waals surface area contributed by atoms with E-state index >= 15 is 0 Å². The number of imidazole rings is 1. The molecule has 1 atom stereocenters. The zero-order valence-corrected chi connectivity index (χ0v) is 25.7. The fourth-order valence-electron chi connectivity index (χ4n) is 4.31. The molecule has 10 nitrogen and oxygen atoms in total. The molecule has 1 aromatic heterocycles. The highest BCUT2D eigenvalue weighted by Crippen LogP contribution is 2.37. The number of hydrogen-bond donors (Lipinski definition) is 0. The van der Waals surface area contributed by atoms with Gasteiger partial charge in [0.2, 0.25) is 5.62 Å². The van der Waals surface area contributed by atoms with Crippen LogP contribution >= 0.6 is 27.5 Å². The fourth-order valence-corrected chi connectivity index (χ4v) is 5.11. The minimum atomic E-state index is -0.688. The number of nitrogens with zero attached hydrogens (tertiary/aromatic N) is 3. The van der Waals surface area contributed by atoms with Gasteiger partial charge in [0.05, 0.1) is 41.2 Å². The average molecular weight is 649 g/mol. The van der Waals surface area contributed by atoms with Gasteiger partial charge in [-0.15, -0.1) is 4.99 Å². The second-order valence-electron chi connectivity index (χ2n) is 10.6. The quantitative estimate of drug-likeness (QED) is 0.328. The predicted molar refractivity (Wildman–Crippen MR) is 154 cm³/mol. The molecular formula is C29H31BrClN3O7. The number of fused-ring (bicyclic) bond motifs is 1. The standard InChI is InChI=1S/C29H31BrClN3O7/c1-29(2,3)41-28(37)32-27-33(4)8-9-34(27)14-18-11-20-25(36)19(15-40-26(20)21(30)12-18)10-17-6-7-22(31)23(13-17)39-16-24(35)38-5/h6-9,11-13,19H,10,14-16H2,1-5H3. The van der Waals surface area contributed by atoms with Gasteiger partial charge in [-0.05, 0) is 78.5 Å². The van der Waals surface area contributed by atoms with Gasteiger partial charge in [-0.3, -0.25) is 4.79 Å². The third-order valence-electron chi connectivity index (χ3n) is 6.20. The highest BCUT2D eigenvalue weighted by molar-refractivity contribution is 9.10. The third kappa shape index (κ3) is 7.59. The summed E-state index contributed by atoms with van der Waals surface area (Å²) in [5.41, 5.74) is 1.82. The summed E-state index contributed by atoms with van der Waals surface area (Å²) in [4.78, 5) is 41.6. The Kier molecular flexibility index (Phi) is 9.28. The Morgan fingerprint density at radius 1 is 1.17 bits per heavy atom. The fraction of sp³-hybridized carbons (Fsp3) is 0.379. The first kappa shape index (κ1) is 30.4. The van der Waals surface area contributed by atoms with Gasteiger partial charge in [-0.1, -0.05) is 17.7 Å². The van der Waals surface area contributed by atoms with Crippen LogP contribution in [-0.2, 0) is 34.3 Å². The molecule has 1 aliphatic heterocycles. The molecule has 0 spiro atoms. The maximum Gasteiger partial charge on any atom is 0.437 e. The van der Waals surface area contributed by atoms with Crippen molar-refractivity contribution in [2.45, 2.75) is 39.3 Å². The normalized spacial score (nSPS) is 15.2. The molecule has 218 valence electrons. The molecule has 0 radical (unpaired) electrons. The van der Waals surface area contributed by atoms with Gasteiger partial charge in [0.25, 0.3) is 0 Å². The maximum absolute atomic E-state index is 13.6. The van der Waals surface area contributed by atoms with E-state index in [1.54, 1.807) is 67.5 Å². The van der Waals surface area contributed by atoms with Gasteiger partial charge in [0.1, 0.15) is 17.1 Å². The van der Waals surface area contributed by atoms with E-state index in [0.29, 0.717) is 45.1 Å². The topological polar surface area (TPSA) is 110 Å². The zero-order chi connectivity index (χ0) is 29.9. The Balaban J connectivity index is 1.55. The van der Waals surface area contributed by atoms with Gasteiger partial charge >= 0.3 is 12.1 Å². The molecule has 0 saturated carbocycles. The number of carbonyl (C=O) groups excluding carboxylic acids is 3. The van der Waals surface area contributed by atoms with Crippen LogP contribution in [0.5, 0.6) is 11.5 Å². The SMILES string of the molecule is COC(=O)COc1cc(CC2COc3c(Br)cc(Cn4ccn(C)c4=NC(=O)OC(C)(C)C)cc3C2=O)ccc1Cl. The van der Waals surface area contributed by atoms with E-state index in [9.17, 15) is 14.4 Å². The number of amides is 1. The molecule has 1 aliphatic rings. The van der Waals surface area contributed by atoms with Gasteiger partial charge < -0.3 is 28.1 Å². The van der Waals surface area contributed by atoms with E-state index in [2.05, 4.69) is 25.7 Å². The summed E-state index contributed by atoms with van der Waals surface area (Å²) in [7, 11) is 3.06. The van der Waals surface area contributed by atoms with Crippen LogP contribution in [-0.4, -0.2) is 52.9 Å². The summed E-state index contributed by atoms with van der Waals surface area (Å²) in [6.07, 6.45) is 3.29. The molecule has 1 unspecified atom stereocenters. The summed E-state index contributed by atoms with van der Waals surface area (Å²) in [6, 6.07) is 8.87. The number of rotatable bonds is 7. The lowest BCUT2D eigenvalue weighted by atomic mass is 9.89. The van der Waals surface area contributed by atoms with Crippen LogP contribution in [0, 0.1) is 5.92 Å². The van der Waals surface area contributed by atoms with E-state index < -0.39 is 23.6 Å². The highest BCUT2D eigenvalue weighted by Gasteiger charge is 2.31. The molecule has 0 bridgehead atoms. The van der Waals surface area contributed by atoms with Crippen LogP contribution in [0.3, 0.4) is 0 Å². The largest absolute Gasteiger partial charge is 0.491 e. The molecule has 1 amide bonds. The molecule has 2 aromatic carbocycles. The van der Waals surface area contributed by atoms with Crippen molar-refractivity contribution in [2.24, 2.45) is 18.0 Å². The first-order valence-corrected chi connectivity index (χ1v) is 14.0. The van der Waals surface area contributed by atoms with Crippen LogP contribution in [0.2, 0.25) is 5.02 Å². The van der Waals surface area contributed by atoms with Crippen LogP contribution in [0.4, 0.5) is 4.79 Å². The van der Waals surface area contributed by atoms with Crippen molar-refractivity contribution in [1.29, 1.82) is 0 Å². The first-order chi connectivity index (χ1) is 19.3. The van der Waals surface area contributed by atoms with E-state index in [1.807, 2.05) is 12.1 Å². The van der Waals surface area contributed by atoms with E-state index in [0.717, 1.165) is 11.1 Å².